The summed E-state index contributed by atoms with van der Waals surface area (Å²) in [4.78, 5) is 10.4. The highest BCUT2D eigenvalue weighted by Crippen LogP contribution is 1.92. The van der Waals surface area contributed by atoms with Crippen LogP contribution in [0.15, 0.2) is 37.7 Å². The maximum Gasteiger partial charge on any atom is 0.109 e. The van der Waals surface area contributed by atoms with Gasteiger partial charge < -0.3 is 9.55 Å². The average molecular weight is 176 g/mol. The molecule has 1 N–H and O–H groups in total. The van der Waals surface area contributed by atoms with Crippen LogP contribution >= 0.6 is 0 Å². The van der Waals surface area contributed by atoms with Gasteiger partial charge in [-0.3, -0.25) is 0 Å². The molecule has 0 aliphatic heterocycles. The summed E-state index contributed by atoms with van der Waals surface area (Å²) in [7, 11) is 0. The number of aromatic nitrogens is 4. The number of H-pyrrole nitrogens is 1. The smallest absolute Gasteiger partial charge is 0.109 e. The van der Waals surface area contributed by atoms with Crippen molar-refractivity contribution in [1.29, 1.82) is 0 Å². The van der Waals surface area contributed by atoms with Gasteiger partial charge in [-0.1, -0.05) is 6.58 Å². The van der Waals surface area contributed by atoms with Crippen molar-refractivity contribution in [1.82, 2.24) is 19.5 Å². The first-order valence-electron chi connectivity index (χ1n) is 3.89. The summed E-state index contributed by atoms with van der Waals surface area (Å²) in [6.45, 7) is 5.52. The molecule has 2 rings (SSSR count). The minimum Gasteiger partial charge on any atom is -0.351 e. The number of hydrogen-bond acceptors (Lipinski definition) is 2. The summed E-state index contributed by atoms with van der Waals surface area (Å²) in [5, 5.41) is 0. The van der Waals surface area contributed by atoms with E-state index in [0.717, 1.165) is 5.82 Å². The summed E-state index contributed by atoms with van der Waals surface area (Å²) in [6.07, 6.45) is 10.4. The third-order valence-electron chi connectivity index (χ3n) is 1.46. The van der Waals surface area contributed by atoms with Gasteiger partial charge in [0.15, 0.2) is 0 Å². The number of nitrogens with zero attached hydrogens (tertiary/aromatic N) is 3. The van der Waals surface area contributed by atoms with Crippen molar-refractivity contribution < 1.29 is 0 Å². The lowest BCUT2D eigenvalue weighted by atomic mass is 10.7. The molecule has 4 nitrogen and oxygen atoms in total. The van der Waals surface area contributed by atoms with Crippen LogP contribution in [-0.2, 0) is 0 Å². The Hall–Kier alpha value is -1.84. The van der Waals surface area contributed by atoms with Crippen LogP contribution in [0.25, 0.3) is 6.20 Å². The van der Waals surface area contributed by atoms with Crippen LogP contribution in [0.3, 0.4) is 0 Å². The second-order valence-electron chi connectivity index (χ2n) is 2.32. The van der Waals surface area contributed by atoms with Crippen molar-refractivity contribution in [3.8, 4) is 0 Å². The zero-order chi connectivity index (χ0) is 9.52. The molecule has 2 aromatic rings. The molecule has 0 aliphatic carbocycles. The molecule has 0 saturated heterocycles. The molecule has 0 aromatic carbocycles. The molecule has 0 bridgehead atoms. The fraction of sp³-hybridized carbons (Fsp3) is 0.111. The minimum atomic E-state index is 0.972. The van der Waals surface area contributed by atoms with Crippen molar-refractivity contribution in [3.05, 3.63) is 43.5 Å². The predicted octanol–water partition coefficient (Wildman–Crippen LogP) is 1.70. The Morgan fingerprint density at radius 2 is 2.38 bits per heavy atom. The van der Waals surface area contributed by atoms with Gasteiger partial charge in [-0.15, -0.1) is 0 Å². The molecule has 2 heterocycles. The van der Waals surface area contributed by atoms with Gasteiger partial charge in [-0.2, -0.15) is 0 Å². The molecule has 2 aromatic heterocycles. The van der Waals surface area contributed by atoms with E-state index in [4.69, 9.17) is 0 Å². The Kier molecular flexibility index (Phi) is 3.50. The molecule has 0 aliphatic rings. The Morgan fingerprint density at radius 3 is 2.62 bits per heavy atom. The van der Waals surface area contributed by atoms with Crippen LogP contribution in [0, 0.1) is 6.92 Å². The number of hydrogen-bond donors (Lipinski definition) is 1. The van der Waals surface area contributed by atoms with Gasteiger partial charge >= 0.3 is 0 Å². The molecule has 0 saturated carbocycles. The maximum absolute atomic E-state index is 3.98. The predicted molar refractivity (Wildman–Crippen MR) is 51.9 cm³/mol. The van der Waals surface area contributed by atoms with Crippen molar-refractivity contribution >= 4 is 6.20 Å². The molecule has 0 radical (unpaired) electrons. The molecule has 68 valence electrons. The van der Waals surface area contributed by atoms with E-state index in [1.165, 1.54) is 0 Å². The Morgan fingerprint density at radius 1 is 1.54 bits per heavy atom. The fourth-order valence-electron chi connectivity index (χ4n) is 0.796. The Bertz CT molecular complexity index is 317. The van der Waals surface area contributed by atoms with Gasteiger partial charge in [0.1, 0.15) is 5.82 Å². The summed E-state index contributed by atoms with van der Waals surface area (Å²) in [6, 6.07) is 0. The van der Waals surface area contributed by atoms with Gasteiger partial charge in [0.05, 0.1) is 6.33 Å². The van der Waals surface area contributed by atoms with Crippen molar-refractivity contribution in [3.63, 3.8) is 0 Å². The van der Waals surface area contributed by atoms with E-state index in [0.29, 0.717) is 0 Å². The highest BCUT2D eigenvalue weighted by atomic mass is 15.0. The lowest BCUT2D eigenvalue weighted by Crippen LogP contribution is -1.84. The van der Waals surface area contributed by atoms with E-state index in [1.807, 2.05) is 17.7 Å². The standard InChI is InChI=1S/C6H8N2.C3H4N2/c1-3-8-5-4-7-6(8)2;1-2-5-3-4-1/h3-5H,1H2,2H3;1-3H,(H,4,5). The lowest BCUT2D eigenvalue weighted by molar-refractivity contribution is 1.03. The lowest BCUT2D eigenvalue weighted by Gasteiger charge is -1.90. The summed E-state index contributed by atoms with van der Waals surface area (Å²) in [5.41, 5.74) is 0. The molecular formula is C9H12N4. The van der Waals surface area contributed by atoms with Crippen LogP contribution in [0.1, 0.15) is 5.82 Å². The minimum absolute atomic E-state index is 0.972. The van der Waals surface area contributed by atoms with Gasteiger partial charge in [-0.05, 0) is 6.92 Å². The molecule has 0 fully saturated rings. The maximum atomic E-state index is 3.98. The van der Waals surface area contributed by atoms with Crippen LogP contribution in [-0.4, -0.2) is 19.5 Å². The summed E-state index contributed by atoms with van der Waals surface area (Å²) >= 11 is 0. The number of rotatable bonds is 1. The van der Waals surface area contributed by atoms with Crippen molar-refractivity contribution in [2.45, 2.75) is 6.92 Å². The number of nitrogens with one attached hydrogen (secondary N) is 1. The highest BCUT2D eigenvalue weighted by molar-refractivity contribution is 5.18. The van der Waals surface area contributed by atoms with E-state index in [1.54, 1.807) is 31.1 Å². The number of aromatic amines is 1. The number of imidazole rings is 2. The van der Waals surface area contributed by atoms with Gasteiger partial charge in [0.2, 0.25) is 0 Å². The van der Waals surface area contributed by atoms with Crippen molar-refractivity contribution in [2.24, 2.45) is 0 Å². The van der Waals surface area contributed by atoms with Gasteiger partial charge in [0.25, 0.3) is 0 Å². The largest absolute Gasteiger partial charge is 0.351 e. The zero-order valence-corrected chi connectivity index (χ0v) is 7.51. The summed E-state index contributed by atoms with van der Waals surface area (Å²) in [5.74, 6) is 0.972. The van der Waals surface area contributed by atoms with Gasteiger partial charge in [-0.25, -0.2) is 9.97 Å². The first kappa shape index (κ1) is 9.25. The number of aryl methyl sites for hydroxylation is 1. The second-order valence-corrected chi connectivity index (χ2v) is 2.32. The van der Waals surface area contributed by atoms with E-state index in [-0.39, 0.29) is 0 Å². The molecular weight excluding hydrogens is 164 g/mol. The normalized spacial score (nSPS) is 8.69. The topological polar surface area (TPSA) is 46.5 Å². The van der Waals surface area contributed by atoms with Crippen LogP contribution in [0.5, 0.6) is 0 Å². The molecule has 4 heteroatoms. The highest BCUT2D eigenvalue weighted by Gasteiger charge is 1.86. The third kappa shape index (κ3) is 2.94. The average Bonchev–Trinajstić information content (AvgIpc) is 2.76. The van der Waals surface area contributed by atoms with Crippen molar-refractivity contribution in [2.75, 3.05) is 0 Å². The van der Waals surface area contributed by atoms with Gasteiger partial charge in [0, 0.05) is 31.0 Å². The zero-order valence-electron chi connectivity index (χ0n) is 7.51. The Labute approximate surface area is 77.0 Å². The quantitative estimate of drug-likeness (QED) is 0.718. The monoisotopic (exact) mass is 176 g/mol. The fourth-order valence-corrected chi connectivity index (χ4v) is 0.796. The van der Waals surface area contributed by atoms with E-state index < -0.39 is 0 Å². The molecule has 0 atom stereocenters. The molecule has 0 spiro atoms. The van der Waals surface area contributed by atoms with E-state index in [9.17, 15) is 0 Å². The molecule has 0 unspecified atom stereocenters. The van der Waals surface area contributed by atoms with Crippen LogP contribution in [0.2, 0.25) is 0 Å². The van der Waals surface area contributed by atoms with E-state index in [2.05, 4.69) is 21.5 Å². The molecule has 13 heavy (non-hydrogen) atoms. The van der Waals surface area contributed by atoms with Crippen LogP contribution in [0.4, 0.5) is 0 Å². The van der Waals surface area contributed by atoms with E-state index >= 15 is 0 Å². The van der Waals surface area contributed by atoms with Crippen LogP contribution < -0.4 is 0 Å². The first-order chi connectivity index (χ1) is 6.34. The first-order valence-corrected chi connectivity index (χ1v) is 3.89. The SMILES string of the molecule is C=Cn1ccnc1C.c1c[nH]cn1. The molecule has 0 amide bonds. The Balaban J connectivity index is 0.000000145. The third-order valence-corrected chi connectivity index (χ3v) is 1.46. The second kappa shape index (κ2) is 4.92. The summed E-state index contributed by atoms with van der Waals surface area (Å²) < 4.78 is 1.86.